The summed E-state index contributed by atoms with van der Waals surface area (Å²) in [4.78, 5) is 24.7. The Bertz CT molecular complexity index is 495. The van der Waals surface area contributed by atoms with E-state index in [1.54, 1.807) is 11.0 Å². The first kappa shape index (κ1) is 13.6. The predicted octanol–water partition coefficient (Wildman–Crippen LogP) is 0.649. The van der Waals surface area contributed by atoms with Crippen molar-refractivity contribution >= 4 is 11.9 Å². The van der Waals surface area contributed by atoms with Gasteiger partial charge >= 0.3 is 5.97 Å². The molecule has 0 saturated carbocycles. The fourth-order valence-corrected chi connectivity index (χ4v) is 2.21. The lowest BCUT2D eigenvalue weighted by atomic mass is 10.2. The van der Waals surface area contributed by atoms with Crippen LogP contribution < -0.4 is 0 Å². The fraction of sp³-hybridized carbons (Fsp3) is 0.538. The zero-order valence-electron chi connectivity index (χ0n) is 11.1. The number of morpholine rings is 1. The van der Waals surface area contributed by atoms with Gasteiger partial charge in [0.1, 0.15) is 5.69 Å². The molecule has 0 aromatic carbocycles. The third-order valence-corrected chi connectivity index (χ3v) is 3.42. The summed E-state index contributed by atoms with van der Waals surface area (Å²) in [6.45, 7) is 3.14. The van der Waals surface area contributed by atoms with Crippen molar-refractivity contribution in [3.05, 3.63) is 23.5 Å². The highest BCUT2D eigenvalue weighted by atomic mass is 16.5. The maximum absolute atomic E-state index is 12.4. The van der Waals surface area contributed by atoms with Gasteiger partial charge in [-0.25, -0.2) is 0 Å². The Kier molecular flexibility index (Phi) is 3.90. The van der Waals surface area contributed by atoms with Crippen molar-refractivity contribution in [3.63, 3.8) is 0 Å². The summed E-state index contributed by atoms with van der Waals surface area (Å²) in [5.74, 6) is -0.983. The second-order valence-electron chi connectivity index (χ2n) is 4.76. The number of carboxylic acid groups (broad SMARTS) is 1. The molecule has 1 N–H and O–H groups in total. The summed E-state index contributed by atoms with van der Waals surface area (Å²) in [6.07, 6.45) is -0.493. The van der Waals surface area contributed by atoms with E-state index in [1.165, 1.54) is 0 Å². The molecule has 1 aliphatic heterocycles. The van der Waals surface area contributed by atoms with Crippen LogP contribution in [-0.2, 0) is 16.6 Å². The molecule has 0 aliphatic carbocycles. The van der Waals surface area contributed by atoms with E-state index in [9.17, 15) is 9.59 Å². The van der Waals surface area contributed by atoms with Gasteiger partial charge in [0.05, 0.1) is 19.1 Å². The van der Waals surface area contributed by atoms with Gasteiger partial charge in [-0.15, -0.1) is 0 Å². The quantitative estimate of drug-likeness (QED) is 0.872. The molecule has 6 nitrogen and oxygen atoms in total. The number of carboxylic acids is 1. The van der Waals surface area contributed by atoms with Crippen LogP contribution in [0.3, 0.4) is 0 Å². The highest BCUT2D eigenvalue weighted by Crippen LogP contribution is 2.14. The second-order valence-corrected chi connectivity index (χ2v) is 4.76. The van der Waals surface area contributed by atoms with Crippen molar-refractivity contribution in [1.29, 1.82) is 0 Å². The molecular formula is C13H18N2O4. The number of aryl methyl sites for hydroxylation is 1. The average Bonchev–Trinajstić information content (AvgIpc) is 2.69. The van der Waals surface area contributed by atoms with E-state index in [4.69, 9.17) is 9.84 Å². The molecule has 19 heavy (non-hydrogen) atoms. The molecule has 2 rings (SSSR count). The summed E-state index contributed by atoms with van der Waals surface area (Å²) in [5.41, 5.74) is 1.63. The summed E-state index contributed by atoms with van der Waals surface area (Å²) in [5, 5.41) is 8.77. The molecule has 2 heterocycles. The first-order valence-corrected chi connectivity index (χ1v) is 6.24. The monoisotopic (exact) mass is 266 g/mol. The van der Waals surface area contributed by atoms with Gasteiger partial charge in [0.15, 0.2) is 0 Å². The lowest BCUT2D eigenvalue weighted by molar-refractivity contribution is -0.141. The summed E-state index contributed by atoms with van der Waals surface area (Å²) < 4.78 is 7.20. The molecule has 0 spiro atoms. The van der Waals surface area contributed by atoms with Gasteiger partial charge in [0, 0.05) is 25.8 Å². The molecule has 1 fully saturated rings. The Morgan fingerprint density at radius 3 is 2.79 bits per heavy atom. The fourth-order valence-electron chi connectivity index (χ4n) is 2.21. The summed E-state index contributed by atoms with van der Waals surface area (Å²) >= 11 is 0. The number of hydrogen-bond donors (Lipinski definition) is 1. The summed E-state index contributed by atoms with van der Waals surface area (Å²) in [6, 6.07) is 3.68. The normalized spacial score (nSPS) is 19.5. The van der Waals surface area contributed by atoms with Crippen LogP contribution in [0.2, 0.25) is 0 Å². The number of nitrogens with zero attached hydrogens (tertiary/aromatic N) is 2. The van der Waals surface area contributed by atoms with E-state index >= 15 is 0 Å². The Hall–Kier alpha value is -1.82. The molecular weight excluding hydrogens is 248 g/mol. The zero-order valence-corrected chi connectivity index (χ0v) is 11.1. The highest BCUT2D eigenvalue weighted by Gasteiger charge is 2.27. The van der Waals surface area contributed by atoms with Gasteiger partial charge in [0.25, 0.3) is 5.91 Å². The number of carbonyl (C=O) groups excluding carboxylic acids is 1. The number of amides is 1. The molecule has 1 aromatic rings. The van der Waals surface area contributed by atoms with E-state index in [2.05, 4.69) is 0 Å². The third kappa shape index (κ3) is 2.96. The van der Waals surface area contributed by atoms with Crippen molar-refractivity contribution in [2.75, 3.05) is 19.7 Å². The van der Waals surface area contributed by atoms with E-state index < -0.39 is 12.1 Å². The maximum Gasteiger partial charge on any atom is 0.306 e. The highest BCUT2D eigenvalue weighted by molar-refractivity contribution is 5.93. The SMILES string of the molecule is Cc1ccc(C(=O)N2CCOC(CC(=O)O)C2)n1C. The first-order chi connectivity index (χ1) is 8.99. The van der Waals surface area contributed by atoms with Crippen LogP contribution in [0.25, 0.3) is 0 Å². The number of carbonyl (C=O) groups is 2. The summed E-state index contributed by atoms with van der Waals surface area (Å²) in [7, 11) is 1.84. The Morgan fingerprint density at radius 2 is 2.21 bits per heavy atom. The van der Waals surface area contributed by atoms with E-state index in [0.29, 0.717) is 25.4 Å². The molecule has 0 radical (unpaired) electrons. The zero-order chi connectivity index (χ0) is 14.0. The smallest absolute Gasteiger partial charge is 0.306 e. The van der Waals surface area contributed by atoms with E-state index in [0.717, 1.165) is 5.69 Å². The lowest BCUT2D eigenvalue weighted by Gasteiger charge is -2.32. The number of aromatic nitrogens is 1. The van der Waals surface area contributed by atoms with Crippen LogP contribution in [-0.4, -0.2) is 52.3 Å². The molecule has 0 bridgehead atoms. The minimum atomic E-state index is -0.908. The predicted molar refractivity (Wildman–Crippen MR) is 68.0 cm³/mol. The molecule has 104 valence electrons. The molecule has 1 atom stereocenters. The van der Waals surface area contributed by atoms with Crippen molar-refractivity contribution in [3.8, 4) is 0 Å². The Morgan fingerprint density at radius 1 is 1.47 bits per heavy atom. The van der Waals surface area contributed by atoms with Crippen LogP contribution >= 0.6 is 0 Å². The molecule has 6 heteroatoms. The molecule has 1 amide bonds. The Balaban J connectivity index is 2.07. The van der Waals surface area contributed by atoms with Gasteiger partial charge < -0.3 is 19.3 Å². The topological polar surface area (TPSA) is 71.8 Å². The maximum atomic E-state index is 12.4. The second kappa shape index (κ2) is 5.44. The van der Waals surface area contributed by atoms with Crippen molar-refractivity contribution < 1.29 is 19.4 Å². The molecule has 1 aromatic heterocycles. The van der Waals surface area contributed by atoms with Crippen LogP contribution in [0, 0.1) is 6.92 Å². The van der Waals surface area contributed by atoms with Gasteiger partial charge in [0.2, 0.25) is 0 Å². The molecule has 1 aliphatic rings. The molecule has 1 saturated heterocycles. The van der Waals surface area contributed by atoms with E-state index in [1.807, 2.05) is 24.6 Å². The number of hydrogen-bond acceptors (Lipinski definition) is 3. The van der Waals surface area contributed by atoms with Gasteiger partial charge in [-0.2, -0.15) is 0 Å². The van der Waals surface area contributed by atoms with Crippen LogP contribution in [0.15, 0.2) is 12.1 Å². The standard InChI is InChI=1S/C13H18N2O4/c1-9-3-4-11(14(9)2)13(18)15-5-6-19-10(8-15)7-12(16)17/h3-4,10H,5-8H2,1-2H3,(H,16,17). The van der Waals surface area contributed by atoms with Crippen molar-refractivity contribution in [2.24, 2.45) is 7.05 Å². The van der Waals surface area contributed by atoms with Crippen LogP contribution in [0.1, 0.15) is 22.6 Å². The van der Waals surface area contributed by atoms with Crippen LogP contribution in [0.5, 0.6) is 0 Å². The number of aliphatic carboxylic acids is 1. The third-order valence-electron chi connectivity index (χ3n) is 3.42. The minimum absolute atomic E-state index is 0.0735. The average molecular weight is 266 g/mol. The van der Waals surface area contributed by atoms with Gasteiger partial charge in [-0.1, -0.05) is 0 Å². The van der Waals surface area contributed by atoms with Gasteiger partial charge in [-0.05, 0) is 19.1 Å². The number of ether oxygens (including phenoxy) is 1. The largest absolute Gasteiger partial charge is 0.481 e. The molecule has 1 unspecified atom stereocenters. The van der Waals surface area contributed by atoms with Gasteiger partial charge in [-0.3, -0.25) is 9.59 Å². The minimum Gasteiger partial charge on any atom is -0.481 e. The van der Waals surface area contributed by atoms with E-state index in [-0.39, 0.29) is 12.3 Å². The van der Waals surface area contributed by atoms with Crippen LogP contribution in [0.4, 0.5) is 0 Å². The van der Waals surface area contributed by atoms with Crippen molar-refractivity contribution in [1.82, 2.24) is 9.47 Å². The number of rotatable bonds is 3. The lowest BCUT2D eigenvalue weighted by Crippen LogP contribution is -2.46. The Labute approximate surface area is 111 Å². The van der Waals surface area contributed by atoms with Crippen molar-refractivity contribution in [2.45, 2.75) is 19.4 Å². The first-order valence-electron chi connectivity index (χ1n) is 6.24.